The number of anilines is 1. The molecule has 1 heterocycles. The van der Waals surface area contributed by atoms with Crippen molar-refractivity contribution < 1.29 is 9.53 Å². The van der Waals surface area contributed by atoms with Crippen LogP contribution in [0.4, 0.5) is 5.69 Å². The summed E-state index contributed by atoms with van der Waals surface area (Å²) in [4.78, 5) is 15.8. The number of methoxy groups -OCH3 is 1. The van der Waals surface area contributed by atoms with Crippen LogP contribution < -0.4 is 10.1 Å². The number of benzene rings is 1. The van der Waals surface area contributed by atoms with E-state index in [2.05, 4.69) is 10.3 Å². The second-order valence-electron chi connectivity index (χ2n) is 3.43. The number of carbonyl (C=O) groups excluding carboxylic acids is 1. The van der Waals surface area contributed by atoms with Gasteiger partial charge in [-0.05, 0) is 18.2 Å². The standard InChI is InChI=1S/C13H12N2O2/c1-17-12-7-10(8-14-9-12)13(16)15-11-5-3-2-4-6-11/h2-9H,1H3,(H,15,16). The highest BCUT2D eigenvalue weighted by atomic mass is 16.5. The molecule has 2 aromatic rings. The number of hydrogen-bond donors (Lipinski definition) is 1. The SMILES string of the molecule is COc1cncc(C(=O)Nc2ccccc2)c1. The zero-order chi connectivity index (χ0) is 12.1. The molecular formula is C13H12N2O2. The molecule has 0 saturated carbocycles. The first kappa shape index (κ1) is 11.1. The van der Waals surface area contributed by atoms with Gasteiger partial charge in [0.25, 0.3) is 5.91 Å². The molecule has 0 unspecified atom stereocenters. The predicted molar refractivity (Wildman–Crippen MR) is 65.2 cm³/mol. The quantitative estimate of drug-likeness (QED) is 0.877. The fourth-order valence-corrected chi connectivity index (χ4v) is 1.38. The van der Waals surface area contributed by atoms with Gasteiger partial charge in [0.1, 0.15) is 5.75 Å². The van der Waals surface area contributed by atoms with Crippen LogP contribution in [0.15, 0.2) is 48.8 Å². The van der Waals surface area contributed by atoms with Crippen molar-refractivity contribution >= 4 is 11.6 Å². The zero-order valence-corrected chi connectivity index (χ0v) is 9.38. The molecule has 0 saturated heterocycles. The van der Waals surface area contributed by atoms with Gasteiger partial charge in [-0.15, -0.1) is 0 Å². The minimum atomic E-state index is -0.206. The summed E-state index contributed by atoms with van der Waals surface area (Å²) in [6.45, 7) is 0. The van der Waals surface area contributed by atoms with Crippen molar-refractivity contribution in [2.75, 3.05) is 12.4 Å². The molecule has 0 spiro atoms. The highest BCUT2D eigenvalue weighted by molar-refractivity contribution is 6.04. The number of aromatic nitrogens is 1. The van der Waals surface area contributed by atoms with Crippen molar-refractivity contribution in [3.8, 4) is 5.75 Å². The summed E-state index contributed by atoms with van der Waals surface area (Å²) in [5, 5.41) is 2.78. The lowest BCUT2D eigenvalue weighted by Crippen LogP contribution is -2.12. The Morgan fingerprint density at radius 3 is 2.71 bits per heavy atom. The molecule has 0 radical (unpaired) electrons. The molecule has 2 rings (SSSR count). The van der Waals surface area contributed by atoms with Crippen molar-refractivity contribution in [1.29, 1.82) is 0 Å². The van der Waals surface area contributed by atoms with Gasteiger partial charge in [-0.1, -0.05) is 18.2 Å². The van der Waals surface area contributed by atoms with Crippen LogP contribution in [0.2, 0.25) is 0 Å². The Morgan fingerprint density at radius 2 is 2.00 bits per heavy atom. The maximum Gasteiger partial charge on any atom is 0.257 e. The fourth-order valence-electron chi connectivity index (χ4n) is 1.38. The Balaban J connectivity index is 2.14. The summed E-state index contributed by atoms with van der Waals surface area (Å²) in [5.74, 6) is 0.355. The zero-order valence-electron chi connectivity index (χ0n) is 9.38. The molecule has 1 N–H and O–H groups in total. The topological polar surface area (TPSA) is 51.2 Å². The Bertz CT molecular complexity index is 512. The van der Waals surface area contributed by atoms with Crippen LogP contribution >= 0.6 is 0 Å². The van der Waals surface area contributed by atoms with E-state index in [1.807, 2.05) is 30.3 Å². The molecule has 1 amide bonds. The number of rotatable bonds is 3. The summed E-state index contributed by atoms with van der Waals surface area (Å²) in [5.41, 5.74) is 1.22. The van der Waals surface area contributed by atoms with E-state index in [9.17, 15) is 4.79 Å². The Hall–Kier alpha value is -2.36. The van der Waals surface area contributed by atoms with Gasteiger partial charge in [0.2, 0.25) is 0 Å². The Labute approximate surface area is 99.3 Å². The first-order valence-corrected chi connectivity index (χ1v) is 5.15. The van der Waals surface area contributed by atoms with E-state index in [4.69, 9.17) is 4.74 Å². The van der Waals surface area contributed by atoms with E-state index in [1.165, 1.54) is 13.3 Å². The highest BCUT2D eigenvalue weighted by Crippen LogP contribution is 2.12. The van der Waals surface area contributed by atoms with Crippen LogP contribution in [0.25, 0.3) is 0 Å². The normalized spacial score (nSPS) is 9.71. The number of nitrogens with zero attached hydrogens (tertiary/aromatic N) is 1. The number of ether oxygens (including phenoxy) is 1. The third kappa shape index (κ3) is 2.81. The van der Waals surface area contributed by atoms with Crippen LogP contribution in [0, 0.1) is 0 Å². The van der Waals surface area contributed by atoms with Gasteiger partial charge in [0.15, 0.2) is 0 Å². The van der Waals surface area contributed by atoms with E-state index < -0.39 is 0 Å². The molecule has 4 nitrogen and oxygen atoms in total. The summed E-state index contributed by atoms with van der Waals surface area (Å²) in [6.07, 6.45) is 3.06. The first-order chi connectivity index (χ1) is 8.29. The monoisotopic (exact) mass is 228 g/mol. The van der Waals surface area contributed by atoms with Crippen LogP contribution in [-0.4, -0.2) is 18.0 Å². The van der Waals surface area contributed by atoms with Crippen LogP contribution in [0.3, 0.4) is 0 Å². The number of para-hydroxylation sites is 1. The van der Waals surface area contributed by atoms with Gasteiger partial charge < -0.3 is 10.1 Å². The molecule has 86 valence electrons. The molecular weight excluding hydrogens is 216 g/mol. The van der Waals surface area contributed by atoms with E-state index in [-0.39, 0.29) is 5.91 Å². The Morgan fingerprint density at radius 1 is 1.24 bits per heavy atom. The number of nitrogens with one attached hydrogen (secondary N) is 1. The number of carbonyl (C=O) groups is 1. The second kappa shape index (κ2) is 5.12. The molecule has 0 bridgehead atoms. The minimum Gasteiger partial charge on any atom is -0.495 e. The fraction of sp³-hybridized carbons (Fsp3) is 0.0769. The van der Waals surface area contributed by atoms with Crippen molar-refractivity contribution in [3.63, 3.8) is 0 Å². The predicted octanol–water partition coefficient (Wildman–Crippen LogP) is 2.34. The average Bonchev–Trinajstić information content (AvgIpc) is 2.40. The molecule has 0 atom stereocenters. The van der Waals surface area contributed by atoms with Crippen molar-refractivity contribution in [3.05, 3.63) is 54.4 Å². The third-order valence-electron chi connectivity index (χ3n) is 2.24. The van der Waals surface area contributed by atoms with Crippen molar-refractivity contribution in [2.45, 2.75) is 0 Å². The molecule has 0 fully saturated rings. The van der Waals surface area contributed by atoms with Crippen molar-refractivity contribution in [2.24, 2.45) is 0 Å². The van der Waals surface area contributed by atoms with E-state index in [1.54, 1.807) is 12.3 Å². The molecule has 4 heteroatoms. The molecule has 0 aliphatic heterocycles. The largest absolute Gasteiger partial charge is 0.495 e. The third-order valence-corrected chi connectivity index (χ3v) is 2.24. The van der Waals surface area contributed by atoms with Gasteiger partial charge >= 0.3 is 0 Å². The number of hydrogen-bond acceptors (Lipinski definition) is 3. The average molecular weight is 228 g/mol. The Kier molecular flexibility index (Phi) is 3.35. The molecule has 0 aliphatic carbocycles. The van der Waals surface area contributed by atoms with Gasteiger partial charge in [0.05, 0.1) is 18.9 Å². The van der Waals surface area contributed by atoms with Gasteiger partial charge in [0, 0.05) is 11.9 Å². The minimum absolute atomic E-state index is 0.206. The van der Waals surface area contributed by atoms with E-state index in [0.29, 0.717) is 11.3 Å². The molecule has 17 heavy (non-hydrogen) atoms. The van der Waals surface area contributed by atoms with Gasteiger partial charge in [-0.25, -0.2) is 0 Å². The lowest BCUT2D eigenvalue weighted by molar-refractivity contribution is 0.102. The van der Waals surface area contributed by atoms with Gasteiger partial charge in [-0.3, -0.25) is 9.78 Å². The maximum atomic E-state index is 11.9. The first-order valence-electron chi connectivity index (χ1n) is 5.15. The smallest absolute Gasteiger partial charge is 0.257 e. The summed E-state index contributed by atoms with van der Waals surface area (Å²) in [7, 11) is 1.54. The highest BCUT2D eigenvalue weighted by Gasteiger charge is 2.07. The number of pyridine rings is 1. The summed E-state index contributed by atoms with van der Waals surface area (Å²) >= 11 is 0. The van der Waals surface area contributed by atoms with Gasteiger partial charge in [-0.2, -0.15) is 0 Å². The molecule has 1 aromatic carbocycles. The second-order valence-corrected chi connectivity index (χ2v) is 3.43. The van der Waals surface area contributed by atoms with Crippen LogP contribution in [0.1, 0.15) is 10.4 Å². The lowest BCUT2D eigenvalue weighted by Gasteiger charge is -2.05. The summed E-state index contributed by atoms with van der Waals surface area (Å²) in [6, 6.07) is 10.9. The summed E-state index contributed by atoms with van der Waals surface area (Å²) < 4.78 is 5.01. The van der Waals surface area contributed by atoms with E-state index in [0.717, 1.165) is 5.69 Å². The molecule has 1 aromatic heterocycles. The molecule has 0 aliphatic rings. The number of amides is 1. The lowest BCUT2D eigenvalue weighted by atomic mass is 10.2. The van der Waals surface area contributed by atoms with E-state index >= 15 is 0 Å². The van der Waals surface area contributed by atoms with Crippen LogP contribution in [-0.2, 0) is 0 Å². The van der Waals surface area contributed by atoms with Crippen molar-refractivity contribution in [1.82, 2.24) is 4.98 Å². The maximum absolute atomic E-state index is 11.9. The van der Waals surface area contributed by atoms with Crippen LogP contribution in [0.5, 0.6) is 5.75 Å².